The molecule has 0 aromatic rings. The van der Waals surface area contributed by atoms with Crippen LogP contribution in [0.2, 0.25) is 0 Å². The van der Waals surface area contributed by atoms with Gasteiger partial charge in [0.15, 0.2) is 0 Å². The van der Waals surface area contributed by atoms with E-state index in [1.807, 2.05) is 47.6 Å². The van der Waals surface area contributed by atoms with Gasteiger partial charge in [-0.3, -0.25) is 0 Å². The van der Waals surface area contributed by atoms with Crippen molar-refractivity contribution >= 4 is 11.6 Å². The normalized spacial score (nSPS) is 13.2. The SMILES string of the molecule is C=C(C)C(C)CC1=CC=C(Cl)CC(C)=C1.CC.CC.CC.CCC(C)C. The Labute approximate surface area is 172 Å². The van der Waals surface area contributed by atoms with E-state index in [2.05, 4.69) is 60.3 Å². The van der Waals surface area contributed by atoms with E-state index < -0.39 is 0 Å². The highest BCUT2D eigenvalue weighted by molar-refractivity contribution is 6.29. The van der Waals surface area contributed by atoms with Gasteiger partial charge in [0.2, 0.25) is 0 Å². The fourth-order valence-electron chi connectivity index (χ4n) is 1.59. The van der Waals surface area contributed by atoms with Gasteiger partial charge in [-0.2, -0.15) is 0 Å². The maximum absolute atomic E-state index is 6.04. The van der Waals surface area contributed by atoms with Crippen LogP contribution in [0.15, 0.2) is 46.6 Å². The Morgan fingerprint density at radius 3 is 1.81 bits per heavy atom. The van der Waals surface area contributed by atoms with Gasteiger partial charge in [0.25, 0.3) is 0 Å². The first kappa shape index (κ1) is 32.9. The topological polar surface area (TPSA) is 0 Å². The van der Waals surface area contributed by atoms with Gasteiger partial charge in [-0.25, -0.2) is 0 Å². The van der Waals surface area contributed by atoms with E-state index in [9.17, 15) is 0 Å². The molecule has 1 unspecified atom stereocenters. The molecule has 0 amide bonds. The van der Waals surface area contributed by atoms with Gasteiger partial charge >= 0.3 is 0 Å². The van der Waals surface area contributed by atoms with E-state index in [1.165, 1.54) is 23.1 Å². The number of hydrogen-bond donors (Lipinski definition) is 0. The Morgan fingerprint density at radius 2 is 1.46 bits per heavy atom. The Balaban J connectivity index is -0.000000185. The molecule has 1 rings (SSSR count). The van der Waals surface area contributed by atoms with Gasteiger partial charge in [0, 0.05) is 11.5 Å². The molecule has 0 heterocycles. The van der Waals surface area contributed by atoms with E-state index in [0.717, 1.165) is 23.8 Å². The van der Waals surface area contributed by atoms with E-state index in [-0.39, 0.29) is 0 Å². The molecule has 0 radical (unpaired) electrons. The minimum Gasteiger partial charge on any atom is -0.0999 e. The van der Waals surface area contributed by atoms with Crippen LogP contribution in [0.25, 0.3) is 0 Å². The molecule has 0 saturated heterocycles. The summed E-state index contributed by atoms with van der Waals surface area (Å²) in [6, 6.07) is 0. The van der Waals surface area contributed by atoms with Crippen molar-refractivity contribution < 1.29 is 0 Å². The third-order valence-electron chi connectivity index (χ3n) is 3.56. The molecule has 156 valence electrons. The Bertz CT molecular complexity index is 394. The molecule has 1 aliphatic carbocycles. The maximum Gasteiger partial charge on any atom is 0.0221 e. The zero-order chi connectivity index (χ0) is 21.7. The van der Waals surface area contributed by atoms with Crippen molar-refractivity contribution in [3.05, 3.63) is 46.6 Å². The van der Waals surface area contributed by atoms with Crippen LogP contribution in [0.4, 0.5) is 0 Å². The summed E-state index contributed by atoms with van der Waals surface area (Å²) in [4.78, 5) is 0. The number of allylic oxidation sites excluding steroid dienone is 7. The molecule has 0 spiro atoms. The first-order valence-electron chi connectivity index (χ1n) is 10.6. The molecule has 0 saturated carbocycles. The first-order valence-corrected chi connectivity index (χ1v) is 11.0. The van der Waals surface area contributed by atoms with Crippen molar-refractivity contribution in [2.75, 3.05) is 0 Å². The third kappa shape index (κ3) is 23.2. The summed E-state index contributed by atoms with van der Waals surface area (Å²) in [5, 5.41) is 0.918. The molecule has 1 aliphatic rings. The lowest BCUT2D eigenvalue weighted by Crippen LogP contribution is -1.96. The van der Waals surface area contributed by atoms with Crippen LogP contribution in [0, 0.1) is 11.8 Å². The predicted octanol–water partition coefficient (Wildman–Crippen LogP) is 10.1. The smallest absolute Gasteiger partial charge is 0.0221 e. The Hall–Kier alpha value is -0.750. The first-order chi connectivity index (χ1) is 12.3. The molecule has 26 heavy (non-hydrogen) atoms. The molecule has 0 bridgehead atoms. The van der Waals surface area contributed by atoms with Gasteiger partial charge in [-0.15, -0.1) is 0 Å². The standard InChI is InChI=1S/C14H19Cl.C5H12.3C2H6/c1-10(2)12(4)9-13-5-6-14(15)8-11(3)7-13;1-4-5(2)3;3*1-2/h5-7,12H,1,8-9H2,2-4H3;5H,4H2,1-3H3;3*1-2H3. The maximum atomic E-state index is 6.04. The van der Waals surface area contributed by atoms with Crippen molar-refractivity contribution in [3.8, 4) is 0 Å². The molecule has 0 aliphatic heterocycles. The molecule has 0 N–H and O–H groups in total. The molecular weight excluding hydrogens is 336 g/mol. The van der Waals surface area contributed by atoms with Crippen molar-refractivity contribution in [3.63, 3.8) is 0 Å². The zero-order valence-corrected chi connectivity index (χ0v) is 20.8. The lowest BCUT2D eigenvalue weighted by atomic mass is 9.94. The van der Waals surface area contributed by atoms with E-state index in [1.54, 1.807) is 0 Å². The average molecular weight is 385 g/mol. The van der Waals surface area contributed by atoms with E-state index in [4.69, 9.17) is 11.6 Å². The quantitative estimate of drug-likeness (QED) is 0.422. The number of rotatable bonds is 4. The van der Waals surface area contributed by atoms with Crippen molar-refractivity contribution in [1.82, 2.24) is 0 Å². The second-order valence-corrected chi connectivity index (χ2v) is 6.76. The number of hydrogen-bond acceptors (Lipinski definition) is 0. The second kappa shape index (κ2) is 24.2. The molecule has 1 atom stereocenters. The van der Waals surface area contributed by atoms with Gasteiger partial charge in [-0.05, 0) is 43.8 Å². The Kier molecular flexibility index (Phi) is 30.7. The van der Waals surface area contributed by atoms with Crippen LogP contribution in [0.5, 0.6) is 0 Å². The van der Waals surface area contributed by atoms with Crippen LogP contribution in [0.1, 0.15) is 102 Å². The summed E-state index contributed by atoms with van der Waals surface area (Å²) >= 11 is 6.04. The lowest BCUT2D eigenvalue weighted by molar-refractivity contribution is 0.626. The summed E-state index contributed by atoms with van der Waals surface area (Å²) in [6.45, 7) is 29.1. The summed E-state index contributed by atoms with van der Waals surface area (Å²) in [5.41, 5.74) is 3.91. The average Bonchev–Trinajstić information content (AvgIpc) is 2.80. The van der Waals surface area contributed by atoms with Crippen LogP contribution < -0.4 is 0 Å². The highest BCUT2D eigenvalue weighted by Gasteiger charge is 2.07. The summed E-state index contributed by atoms with van der Waals surface area (Å²) in [6.07, 6.45) is 9.61. The fourth-order valence-corrected chi connectivity index (χ4v) is 1.87. The van der Waals surface area contributed by atoms with Crippen molar-refractivity contribution in [2.24, 2.45) is 11.8 Å². The van der Waals surface area contributed by atoms with Crippen LogP contribution >= 0.6 is 11.6 Å². The molecule has 0 aromatic heterocycles. The van der Waals surface area contributed by atoms with Crippen LogP contribution in [-0.2, 0) is 0 Å². The lowest BCUT2D eigenvalue weighted by Gasteiger charge is -2.11. The van der Waals surface area contributed by atoms with Gasteiger partial charge < -0.3 is 0 Å². The highest BCUT2D eigenvalue weighted by Crippen LogP contribution is 2.25. The largest absolute Gasteiger partial charge is 0.0999 e. The van der Waals surface area contributed by atoms with Crippen molar-refractivity contribution in [2.45, 2.75) is 102 Å². The van der Waals surface area contributed by atoms with Crippen molar-refractivity contribution in [1.29, 1.82) is 0 Å². The minimum absolute atomic E-state index is 0.533. The molecule has 0 aromatic carbocycles. The predicted molar refractivity (Wildman–Crippen MR) is 128 cm³/mol. The van der Waals surface area contributed by atoms with Crippen LogP contribution in [0.3, 0.4) is 0 Å². The van der Waals surface area contributed by atoms with Gasteiger partial charge in [0.05, 0.1) is 0 Å². The zero-order valence-electron chi connectivity index (χ0n) is 20.1. The molecule has 0 nitrogen and oxygen atoms in total. The summed E-state index contributed by atoms with van der Waals surface area (Å²) in [7, 11) is 0. The number of halogens is 1. The monoisotopic (exact) mass is 384 g/mol. The molecule has 1 heteroatoms. The summed E-state index contributed by atoms with van der Waals surface area (Å²) in [5.74, 6) is 1.42. The minimum atomic E-state index is 0.533. The fraction of sp³-hybridized carbons (Fsp3) is 0.680. The van der Waals surface area contributed by atoms with Gasteiger partial charge in [-0.1, -0.05) is 117 Å². The summed E-state index contributed by atoms with van der Waals surface area (Å²) < 4.78 is 0. The molecular formula is C25H49Cl. The van der Waals surface area contributed by atoms with Crippen LogP contribution in [-0.4, -0.2) is 0 Å². The highest BCUT2D eigenvalue weighted by atomic mass is 35.5. The van der Waals surface area contributed by atoms with Gasteiger partial charge in [0.1, 0.15) is 0 Å². The Morgan fingerprint density at radius 1 is 1.04 bits per heavy atom. The van der Waals surface area contributed by atoms with E-state index in [0.29, 0.717) is 5.92 Å². The molecule has 0 fully saturated rings. The van der Waals surface area contributed by atoms with E-state index >= 15 is 0 Å². The third-order valence-corrected chi connectivity index (χ3v) is 3.82. The second-order valence-electron chi connectivity index (χ2n) is 6.28.